The third-order valence-corrected chi connectivity index (χ3v) is 4.42. The predicted octanol–water partition coefficient (Wildman–Crippen LogP) is 2.76. The van der Waals surface area contributed by atoms with E-state index in [9.17, 15) is 4.79 Å². The van der Waals surface area contributed by atoms with Crippen LogP contribution in [0.25, 0.3) is 22.2 Å². The molecule has 0 spiro atoms. The fraction of sp³-hybridized carbons (Fsp3) is 0.235. The van der Waals surface area contributed by atoms with Crippen molar-refractivity contribution in [3.05, 3.63) is 47.3 Å². The van der Waals surface area contributed by atoms with Crippen LogP contribution in [0.5, 0.6) is 0 Å². The predicted molar refractivity (Wildman–Crippen MR) is 93.9 cm³/mol. The number of thiophene rings is 1. The van der Waals surface area contributed by atoms with Crippen LogP contribution in [0.15, 0.2) is 47.0 Å². The molecule has 124 valence electrons. The zero-order valence-corrected chi connectivity index (χ0v) is 14.3. The average molecular weight is 342 g/mol. The monoisotopic (exact) mass is 342 g/mol. The van der Waals surface area contributed by atoms with Gasteiger partial charge in [0.2, 0.25) is 5.82 Å². The highest BCUT2D eigenvalue weighted by atomic mass is 32.1. The summed E-state index contributed by atoms with van der Waals surface area (Å²) in [6.45, 7) is 1.41. The zero-order valence-electron chi connectivity index (χ0n) is 13.5. The minimum Gasteiger partial charge on any atom is -0.350 e. The normalized spacial score (nSPS) is 11.0. The molecule has 7 heteroatoms. The molecule has 0 aliphatic carbocycles. The maximum Gasteiger partial charge on any atom is 0.261 e. The SMILES string of the molecule is CN(C)CCNC(=O)c1ccc(-c2noc(-c3ccccc3)n2)s1. The Labute approximate surface area is 144 Å². The van der Waals surface area contributed by atoms with E-state index in [-0.39, 0.29) is 5.91 Å². The van der Waals surface area contributed by atoms with Gasteiger partial charge >= 0.3 is 0 Å². The molecule has 0 bridgehead atoms. The van der Waals surface area contributed by atoms with Crippen LogP contribution in [0, 0.1) is 0 Å². The molecule has 0 radical (unpaired) electrons. The van der Waals surface area contributed by atoms with E-state index < -0.39 is 0 Å². The average Bonchev–Trinajstić information content (AvgIpc) is 3.24. The molecule has 1 amide bonds. The lowest BCUT2D eigenvalue weighted by Crippen LogP contribution is -2.30. The van der Waals surface area contributed by atoms with Gasteiger partial charge in [-0.1, -0.05) is 23.4 Å². The van der Waals surface area contributed by atoms with Crippen LogP contribution in [-0.2, 0) is 0 Å². The summed E-state index contributed by atoms with van der Waals surface area (Å²) in [5.74, 6) is 0.877. The lowest BCUT2D eigenvalue weighted by Gasteiger charge is -2.09. The molecule has 0 saturated heterocycles. The first-order chi connectivity index (χ1) is 11.6. The molecule has 0 fully saturated rings. The van der Waals surface area contributed by atoms with Crippen molar-refractivity contribution in [2.45, 2.75) is 0 Å². The Balaban J connectivity index is 1.70. The lowest BCUT2D eigenvalue weighted by atomic mass is 10.2. The van der Waals surface area contributed by atoms with Crippen LogP contribution in [0.1, 0.15) is 9.67 Å². The molecule has 0 saturated carbocycles. The fourth-order valence-corrected chi connectivity index (χ4v) is 2.93. The standard InChI is InChI=1S/C17H18N4O2S/c1-21(2)11-10-18-16(22)14-9-8-13(24-14)15-19-17(23-20-15)12-6-4-3-5-7-12/h3-9H,10-11H2,1-2H3,(H,18,22). The van der Waals surface area contributed by atoms with Gasteiger partial charge in [-0.05, 0) is 38.4 Å². The number of hydrogen-bond donors (Lipinski definition) is 1. The Hall–Kier alpha value is -2.51. The number of carbonyl (C=O) groups is 1. The van der Waals surface area contributed by atoms with Crippen LogP contribution in [0.3, 0.4) is 0 Å². The Morgan fingerprint density at radius 3 is 2.75 bits per heavy atom. The van der Waals surface area contributed by atoms with Crippen LogP contribution < -0.4 is 5.32 Å². The molecule has 6 nitrogen and oxygen atoms in total. The molecule has 0 atom stereocenters. The maximum atomic E-state index is 12.1. The first-order valence-electron chi connectivity index (χ1n) is 7.56. The van der Waals surface area contributed by atoms with Crippen molar-refractivity contribution in [1.29, 1.82) is 0 Å². The van der Waals surface area contributed by atoms with Gasteiger partial charge in [-0.3, -0.25) is 4.79 Å². The van der Waals surface area contributed by atoms with Gasteiger partial charge in [-0.15, -0.1) is 11.3 Å². The van der Waals surface area contributed by atoms with E-state index in [1.807, 2.05) is 55.4 Å². The molecule has 0 aliphatic rings. The van der Waals surface area contributed by atoms with Gasteiger partial charge in [-0.2, -0.15) is 4.98 Å². The number of carbonyl (C=O) groups excluding carboxylic acids is 1. The lowest BCUT2D eigenvalue weighted by molar-refractivity contribution is 0.0955. The Morgan fingerprint density at radius 2 is 2.00 bits per heavy atom. The molecule has 3 aromatic rings. The molecular weight excluding hydrogens is 324 g/mol. The summed E-state index contributed by atoms with van der Waals surface area (Å²) in [6.07, 6.45) is 0. The van der Waals surface area contributed by atoms with E-state index in [2.05, 4.69) is 15.5 Å². The van der Waals surface area contributed by atoms with Gasteiger partial charge in [0, 0.05) is 18.7 Å². The Kier molecular flexibility index (Phi) is 5.02. The van der Waals surface area contributed by atoms with E-state index in [0.717, 1.165) is 17.0 Å². The minimum absolute atomic E-state index is 0.0834. The van der Waals surface area contributed by atoms with Gasteiger partial charge in [0.1, 0.15) is 0 Å². The number of amides is 1. The number of hydrogen-bond acceptors (Lipinski definition) is 6. The van der Waals surface area contributed by atoms with E-state index in [4.69, 9.17) is 4.52 Å². The summed E-state index contributed by atoms with van der Waals surface area (Å²) in [7, 11) is 3.94. The number of benzene rings is 1. The summed E-state index contributed by atoms with van der Waals surface area (Å²) >= 11 is 1.35. The van der Waals surface area contributed by atoms with Crippen molar-refractivity contribution in [1.82, 2.24) is 20.4 Å². The molecule has 0 unspecified atom stereocenters. The number of nitrogens with zero attached hydrogens (tertiary/aromatic N) is 3. The van der Waals surface area contributed by atoms with E-state index in [1.54, 1.807) is 6.07 Å². The topological polar surface area (TPSA) is 71.3 Å². The highest BCUT2D eigenvalue weighted by molar-refractivity contribution is 7.17. The maximum absolute atomic E-state index is 12.1. The fourth-order valence-electron chi connectivity index (χ4n) is 2.08. The second-order valence-electron chi connectivity index (χ2n) is 5.51. The first kappa shape index (κ1) is 16.4. The highest BCUT2D eigenvalue weighted by Gasteiger charge is 2.15. The summed E-state index contributed by atoms with van der Waals surface area (Å²) < 4.78 is 5.31. The third kappa shape index (κ3) is 3.87. The Bertz CT molecular complexity index is 811. The van der Waals surface area contributed by atoms with Crippen LogP contribution in [0.2, 0.25) is 0 Å². The summed E-state index contributed by atoms with van der Waals surface area (Å²) in [5, 5.41) is 6.90. The van der Waals surface area contributed by atoms with Crippen molar-refractivity contribution >= 4 is 17.2 Å². The van der Waals surface area contributed by atoms with E-state index in [1.165, 1.54) is 11.3 Å². The third-order valence-electron chi connectivity index (χ3n) is 3.34. The molecule has 24 heavy (non-hydrogen) atoms. The highest BCUT2D eigenvalue weighted by Crippen LogP contribution is 2.28. The second kappa shape index (κ2) is 7.37. The van der Waals surface area contributed by atoms with Crippen molar-refractivity contribution < 1.29 is 9.32 Å². The number of rotatable bonds is 6. The van der Waals surface area contributed by atoms with Crippen molar-refractivity contribution in [2.24, 2.45) is 0 Å². The van der Waals surface area contributed by atoms with Gasteiger partial charge < -0.3 is 14.7 Å². The first-order valence-corrected chi connectivity index (χ1v) is 8.37. The number of likely N-dealkylation sites (N-methyl/N-ethyl adjacent to an activating group) is 1. The van der Waals surface area contributed by atoms with Gasteiger partial charge in [0.15, 0.2) is 0 Å². The molecule has 0 aliphatic heterocycles. The summed E-state index contributed by atoms with van der Waals surface area (Å²) in [6, 6.07) is 13.2. The van der Waals surface area contributed by atoms with Gasteiger partial charge in [0.25, 0.3) is 11.8 Å². The summed E-state index contributed by atoms with van der Waals surface area (Å²) in [4.78, 5) is 20.0. The molecule has 3 rings (SSSR count). The van der Waals surface area contributed by atoms with Crippen molar-refractivity contribution in [2.75, 3.05) is 27.2 Å². The van der Waals surface area contributed by atoms with Crippen molar-refractivity contribution in [3.63, 3.8) is 0 Å². The molecular formula is C17H18N4O2S. The largest absolute Gasteiger partial charge is 0.350 e. The molecule has 2 heterocycles. The van der Waals surface area contributed by atoms with Crippen LogP contribution in [-0.4, -0.2) is 48.1 Å². The summed E-state index contributed by atoms with van der Waals surface area (Å²) in [5.41, 5.74) is 0.870. The van der Waals surface area contributed by atoms with Crippen molar-refractivity contribution in [3.8, 4) is 22.2 Å². The number of nitrogens with one attached hydrogen (secondary N) is 1. The van der Waals surface area contributed by atoms with Gasteiger partial charge in [0.05, 0.1) is 9.75 Å². The van der Waals surface area contributed by atoms with E-state index >= 15 is 0 Å². The van der Waals surface area contributed by atoms with Crippen LogP contribution in [0.4, 0.5) is 0 Å². The second-order valence-corrected chi connectivity index (χ2v) is 6.60. The smallest absolute Gasteiger partial charge is 0.261 e. The molecule has 2 aromatic heterocycles. The van der Waals surface area contributed by atoms with E-state index in [0.29, 0.717) is 23.1 Å². The Morgan fingerprint density at radius 1 is 1.21 bits per heavy atom. The molecule has 1 N–H and O–H groups in total. The van der Waals surface area contributed by atoms with Gasteiger partial charge in [-0.25, -0.2) is 0 Å². The quantitative estimate of drug-likeness (QED) is 0.746. The minimum atomic E-state index is -0.0834. The molecule has 1 aromatic carbocycles. The zero-order chi connectivity index (χ0) is 16.9. The van der Waals surface area contributed by atoms with Crippen LogP contribution >= 0.6 is 11.3 Å². The number of aromatic nitrogens is 2.